The minimum atomic E-state index is -0.0451. The molecule has 2 rings (SSSR count). The predicted octanol–water partition coefficient (Wildman–Crippen LogP) is 2.13. The van der Waals surface area contributed by atoms with Crippen LogP contribution in [-0.2, 0) is 4.79 Å². The molecule has 2 fully saturated rings. The quantitative estimate of drug-likeness (QED) is 0.774. The predicted molar refractivity (Wildman–Crippen MR) is 65.8 cm³/mol. The van der Waals surface area contributed by atoms with Crippen molar-refractivity contribution >= 4 is 11.8 Å². The van der Waals surface area contributed by atoms with Crippen molar-refractivity contribution in [1.82, 2.24) is 10.6 Å². The zero-order valence-electron chi connectivity index (χ0n) is 10.3. The van der Waals surface area contributed by atoms with Crippen LogP contribution in [0.2, 0.25) is 0 Å². The maximum absolute atomic E-state index is 11.8. The number of urea groups is 1. The molecule has 0 atom stereocenters. The number of hydrogen-bond acceptors (Lipinski definition) is 2. The second-order valence-corrected chi connectivity index (χ2v) is 5.27. The minimum absolute atomic E-state index is 0.0451. The van der Waals surface area contributed by atoms with Gasteiger partial charge in [-0.2, -0.15) is 0 Å². The van der Waals surface area contributed by atoms with Gasteiger partial charge in [0.1, 0.15) is 5.78 Å². The second kappa shape index (κ2) is 6.03. The van der Waals surface area contributed by atoms with E-state index in [9.17, 15) is 9.59 Å². The monoisotopic (exact) mass is 238 g/mol. The summed E-state index contributed by atoms with van der Waals surface area (Å²) in [5.41, 5.74) is 0. The second-order valence-electron chi connectivity index (χ2n) is 5.27. The Hall–Kier alpha value is -1.06. The van der Waals surface area contributed by atoms with E-state index in [2.05, 4.69) is 10.6 Å². The summed E-state index contributed by atoms with van der Waals surface area (Å²) < 4.78 is 0. The van der Waals surface area contributed by atoms with E-state index in [0.717, 1.165) is 25.7 Å². The number of carbonyl (C=O) groups is 2. The summed E-state index contributed by atoms with van der Waals surface area (Å²) >= 11 is 0. The SMILES string of the molecule is O=C1CCC(NC(=O)NC2CCCCC2)CC1. The molecule has 0 aromatic rings. The molecule has 2 aliphatic carbocycles. The molecule has 4 nitrogen and oxygen atoms in total. The normalized spacial score (nSPS) is 23.4. The molecular formula is C13H22N2O2. The van der Waals surface area contributed by atoms with Crippen molar-refractivity contribution < 1.29 is 9.59 Å². The van der Waals surface area contributed by atoms with Crippen LogP contribution in [0.3, 0.4) is 0 Å². The van der Waals surface area contributed by atoms with Crippen LogP contribution in [0.15, 0.2) is 0 Å². The van der Waals surface area contributed by atoms with Gasteiger partial charge in [0.25, 0.3) is 0 Å². The Morgan fingerprint density at radius 2 is 1.41 bits per heavy atom. The molecule has 2 saturated carbocycles. The van der Waals surface area contributed by atoms with E-state index >= 15 is 0 Å². The lowest BCUT2D eigenvalue weighted by Gasteiger charge is -2.26. The summed E-state index contributed by atoms with van der Waals surface area (Å²) in [7, 11) is 0. The van der Waals surface area contributed by atoms with Crippen LogP contribution in [0.25, 0.3) is 0 Å². The molecular weight excluding hydrogens is 216 g/mol. The van der Waals surface area contributed by atoms with Crippen molar-refractivity contribution in [2.24, 2.45) is 0 Å². The third-order valence-electron chi connectivity index (χ3n) is 3.82. The first-order valence-corrected chi connectivity index (χ1v) is 6.83. The molecule has 0 spiro atoms. The Bertz CT molecular complexity index is 275. The number of hydrogen-bond donors (Lipinski definition) is 2. The maximum Gasteiger partial charge on any atom is 0.315 e. The van der Waals surface area contributed by atoms with Gasteiger partial charge in [-0.25, -0.2) is 4.79 Å². The average Bonchev–Trinajstić information content (AvgIpc) is 2.33. The zero-order valence-corrected chi connectivity index (χ0v) is 10.3. The Balaban J connectivity index is 1.67. The van der Waals surface area contributed by atoms with Gasteiger partial charge in [0.05, 0.1) is 0 Å². The van der Waals surface area contributed by atoms with Crippen LogP contribution in [-0.4, -0.2) is 23.9 Å². The van der Waals surface area contributed by atoms with Gasteiger partial charge >= 0.3 is 6.03 Å². The fourth-order valence-corrected chi connectivity index (χ4v) is 2.74. The standard InChI is InChI=1S/C13H22N2O2/c16-12-8-6-11(7-9-12)15-13(17)14-10-4-2-1-3-5-10/h10-11H,1-9H2,(H2,14,15,17). The minimum Gasteiger partial charge on any atom is -0.335 e. The summed E-state index contributed by atoms with van der Waals surface area (Å²) in [6.45, 7) is 0. The lowest BCUT2D eigenvalue weighted by molar-refractivity contribution is -0.120. The van der Waals surface area contributed by atoms with Gasteiger partial charge in [-0.15, -0.1) is 0 Å². The van der Waals surface area contributed by atoms with Gasteiger partial charge in [0.15, 0.2) is 0 Å². The topological polar surface area (TPSA) is 58.2 Å². The highest BCUT2D eigenvalue weighted by atomic mass is 16.2. The summed E-state index contributed by atoms with van der Waals surface area (Å²) in [5.74, 6) is 0.329. The van der Waals surface area contributed by atoms with Crippen molar-refractivity contribution in [3.63, 3.8) is 0 Å². The molecule has 0 unspecified atom stereocenters. The summed E-state index contributed by atoms with van der Waals surface area (Å²) in [5, 5.41) is 6.03. The van der Waals surface area contributed by atoms with Gasteiger partial charge in [0.2, 0.25) is 0 Å². The molecule has 0 radical (unpaired) electrons. The molecule has 17 heavy (non-hydrogen) atoms. The molecule has 2 N–H and O–H groups in total. The molecule has 0 aliphatic heterocycles. The Morgan fingerprint density at radius 3 is 2.00 bits per heavy atom. The molecule has 0 aromatic heterocycles. The summed E-state index contributed by atoms with van der Waals surface area (Å²) in [4.78, 5) is 22.8. The fraction of sp³-hybridized carbons (Fsp3) is 0.846. The molecule has 4 heteroatoms. The molecule has 2 aliphatic rings. The van der Waals surface area contributed by atoms with E-state index < -0.39 is 0 Å². The smallest absolute Gasteiger partial charge is 0.315 e. The average molecular weight is 238 g/mol. The van der Waals surface area contributed by atoms with Crippen molar-refractivity contribution in [3.8, 4) is 0 Å². The van der Waals surface area contributed by atoms with Crippen LogP contribution >= 0.6 is 0 Å². The van der Waals surface area contributed by atoms with Gasteiger partial charge in [0, 0.05) is 24.9 Å². The van der Waals surface area contributed by atoms with E-state index in [1.807, 2.05) is 0 Å². The number of nitrogens with one attached hydrogen (secondary N) is 2. The van der Waals surface area contributed by atoms with Gasteiger partial charge in [-0.05, 0) is 25.7 Å². The van der Waals surface area contributed by atoms with E-state index in [1.165, 1.54) is 19.3 Å². The van der Waals surface area contributed by atoms with Crippen LogP contribution in [0.4, 0.5) is 4.79 Å². The number of ketones is 1. The van der Waals surface area contributed by atoms with Crippen LogP contribution in [0, 0.1) is 0 Å². The lowest BCUT2D eigenvalue weighted by atomic mass is 9.94. The Kier molecular flexibility index (Phi) is 4.40. The third kappa shape index (κ3) is 4.02. The first kappa shape index (κ1) is 12.4. The van der Waals surface area contributed by atoms with Crippen molar-refractivity contribution in [1.29, 1.82) is 0 Å². The third-order valence-corrected chi connectivity index (χ3v) is 3.82. The molecule has 2 amide bonds. The van der Waals surface area contributed by atoms with Gasteiger partial charge in [-0.3, -0.25) is 4.79 Å². The fourth-order valence-electron chi connectivity index (χ4n) is 2.74. The number of carbonyl (C=O) groups excluding carboxylic acids is 2. The van der Waals surface area contributed by atoms with E-state index in [-0.39, 0.29) is 12.1 Å². The molecule has 0 heterocycles. The number of rotatable bonds is 2. The van der Waals surface area contributed by atoms with Crippen molar-refractivity contribution in [2.45, 2.75) is 69.9 Å². The van der Waals surface area contributed by atoms with E-state index in [1.54, 1.807) is 0 Å². The highest BCUT2D eigenvalue weighted by molar-refractivity contribution is 5.80. The van der Waals surface area contributed by atoms with Crippen molar-refractivity contribution in [2.75, 3.05) is 0 Å². The van der Waals surface area contributed by atoms with Crippen molar-refractivity contribution in [3.05, 3.63) is 0 Å². The van der Waals surface area contributed by atoms with Crippen LogP contribution in [0.1, 0.15) is 57.8 Å². The van der Waals surface area contributed by atoms with E-state index in [4.69, 9.17) is 0 Å². The van der Waals surface area contributed by atoms with Gasteiger partial charge in [-0.1, -0.05) is 19.3 Å². The Morgan fingerprint density at radius 1 is 0.882 bits per heavy atom. The zero-order chi connectivity index (χ0) is 12.1. The lowest BCUT2D eigenvalue weighted by Crippen LogP contribution is -2.47. The first-order chi connectivity index (χ1) is 8.24. The molecule has 0 bridgehead atoms. The Labute approximate surface area is 103 Å². The summed E-state index contributed by atoms with van der Waals surface area (Å²) in [6.07, 6.45) is 8.81. The first-order valence-electron chi connectivity index (χ1n) is 6.83. The molecule has 0 aromatic carbocycles. The maximum atomic E-state index is 11.8. The summed E-state index contributed by atoms with van der Waals surface area (Å²) in [6, 6.07) is 0.501. The van der Waals surface area contributed by atoms with Crippen LogP contribution < -0.4 is 10.6 Å². The molecule has 96 valence electrons. The highest BCUT2D eigenvalue weighted by Gasteiger charge is 2.21. The van der Waals surface area contributed by atoms with E-state index in [0.29, 0.717) is 24.7 Å². The largest absolute Gasteiger partial charge is 0.335 e. The number of amides is 2. The van der Waals surface area contributed by atoms with Gasteiger partial charge < -0.3 is 10.6 Å². The highest BCUT2D eigenvalue weighted by Crippen LogP contribution is 2.18. The number of Topliss-reactive ketones (excluding diaryl/α,β-unsaturated/α-hetero) is 1. The molecule has 0 saturated heterocycles. The van der Waals surface area contributed by atoms with Crippen LogP contribution in [0.5, 0.6) is 0 Å².